The molecule has 2 rings (SSSR count). The van der Waals surface area contributed by atoms with E-state index in [1.807, 2.05) is 20.8 Å². The molecule has 0 radical (unpaired) electrons. The molecule has 0 bridgehead atoms. The van der Waals surface area contributed by atoms with Crippen LogP contribution < -0.4 is 0 Å². The number of ether oxygens (including phenoxy) is 1. The molecule has 0 aromatic rings. The van der Waals surface area contributed by atoms with Crippen LogP contribution in [0.15, 0.2) is 0 Å². The molecular weight excluding hydrogens is 246 g/mol. The number of carboxylic acids is 1. The first-order valence-electron chi connectivity index (χ1n) is 6.92. The third-order valence-corrected chi connectivity index (χ3v) is 4.18. The van der Waals surface area contributed by atoms with Gasteiger partial charge < -0.3 is 14.7 Å². The summed E-state index contributed by atoms with van der Waals surface area (Å²) in [5.41, 5.74) is -0.439. The fraction of sp³-hybridized carbons (Fsp3) is 0.857. The Labute approximate surface area is 113 Å². The number of hydrogen-bond acceptors (Lipinski definition) is 3. The highest BCUT2D eigenvalue weighted by Crippen LogP contribution is 2.51. The van der Waals surface area contributed by atoms with Crippen LogP contribution in [0.3, 0.4) is 0 Å². The Bertz CT molecular complexity index is 379. The smallest absolute Gasteiger partial charge is 0.410 e. The largest absolute Gasteiger partial charge is 0.481 e. The second-order valence-electron chi connectivity index (χ2n) is 6.89. The first-order valence-corrected chi connectivity index (χ1v) is 6.92. The van der Waals surface area contributed by atoms with Crippen LogP contribution in [-0.4, -0.2) is 40.8 Å². The maximum atomic E-state index is 11.9. The Morgan fingerprint density at radius 2 is 2.00 bits per heavy atom. The molecule has 1 aliphatic heterocycles. The summed E-state index contributed by atoms with van der Waals surface area (Å²) in [6.07, 6.45) is 3.01. The fourth-order valence-electron chi connectivity index (χ4n) is 3.33. The van der Waals surface area contributed by atoms with Gasteiger partial charge in [0.1, 0.15) is 5.60 Å². The molecule has 1 saturated carbocycles. The summed E-state index contributed by atoms with van der Waals surface area (Å²) in [5, 5.41) is 8.95. The zero-order valence-corrected chi connectivity index (χ0v) is 11.9. The van der Waals surface area contributed by atoms with Gasteiger partial charge in [0.25, 0.3) is 0 Å². The average molecular weight is 269 g/mol. The van der Waals surface area contributed by atoms with Gasteiger partial charge in [-0.3, -0.25) is 4.79 Å². The standard InChI is InChI=1S/C14H23NO4/c1-13(2,3)19-12(18)15-8-14(9-15)6-4-5-10(14)7-11(16)17/h10H,4-9H2,1-3H3,(H,16,17). The molecule has 1 unspecified atom stereocenters. The summed E-state index contributed by atoms with van der Waals surface area (Å²) < 4.78 is 5.33. The maximum Gasteiger partial charge on any atom is 0.410 e. The van der Waals surface area contributed by atoms with Crippen molar-refractivity contribution >= 4 is 12.1 Å². The molecule has 1 aliphatic carbocycles. The summed E-state index contributed by atoms with van der Waals surface area (Å²) in [5.74, 6) is -0.523. The van der Waals surface area contributed by atoms with Gasteiger partial charge in [-0.15, -0.1) is 0 Å². The number of aliphatic carboxylic acids is 1. The van der Waals surface area contributed by atoms with E-state index in [1.54, 1.807) is 4.90 Å². The van der Waals surface area contributed by atoms with Crippen LogP contribution in [0.4, 0.5) is 4.79 Å². The maximum absolute atomic E-state index is 11.9. The Balaban J connectivity index is 1.90. The zero-order valence-electron chi connectivity index (χ0n) is 11.9. The highest BCUT2D eigenvalue weighted by Gasteiger charge is 2.53. The zero-order chi connectivity index (χ0) is 14.3. The van der Waals surface area contributed by atoms with Gasteiger partial charge in [0.05, 0.1) is 0 Å². The molecule has 0 aromatic carbocycles. The van der Waals surface area contributed by atoms with Gasteiger partial charge in [0.15, 0.2) is 0 Å². The SMILES string of the molecule is CC(C)(C)OC(=O)N1CC2(CCCC2CC(=O)O)C1. The van der Waals surface area contributed by atoms with E-state index in [9.17, 15) is 9.59 Å². The monoisotopic (exact) mass is 269 g/mol. The Kier molecular flexibility index (Phi) is 3.49. The molecule has 1 atom stereocenters. The second kappa shape index (κ2) is 4.69. The molecule has 1 amide bonds. The predicted octanol–water partition coefficient (Wildman–Crippen LogP) is 2.50. The molecular formula is C14H23NO4. The first kappa shape index (κ1) is 14.2. The highest BCUT2D eigenvalue weighted by atomic mass is 16.6. The van der Waals surface area contributed by atoms with Crippen LogP contribution in [0.1, 0.15) is 46.5 Å². The number of carbonyl (C=O) groups is 2. The minimum atomic E-state index is -0.734. The summed E-state index contributed by atoms with van der Waals surface area (Å²) in [6, 6.07) is 0. The van der Waals surface area contributed by atoms with Crippen LogP contribution in [0.2, 0.25) is 0 Å². The van der Waals surface area contributed by atoms with Crippen molar-refractivity contribution in [1.29, 1.82) is 0 Å². The number of amides is 1. The van der Waals surface area contributed by atoms with E-state index in [2.05, 4.69) is 0 Å². The van der Waals surface area contributed by atoms with Crippen molar-refractivity contribution in [2.24, 2.45) is 11.3 Å². The summed E-state index contributed by atoms with van der Waals surface area (Å²) in [4.78, 5) is 24.5. The van der Waals surface area contributed by atoms with Gasteiger partial charge in [0.2, 0.25) is 0 Å². The van der Waals surface area contributed by atoms with Gasteiger partial charge in [-0.1, -0.05) is 6.42 Å². The molecule has 5 nitrogen and oxygen atoms in total. The van der Waals surface area contributed by atoms with Gasteiger partial charge in [-0.25, -0.2) is 4.79 Å². The van der Waals surface area contributed by atoms with Gasteiger partial charge in [-0.05, 0) is 39.5 Å². The lowest BCUT2D eigenvalue weighted by Gasteiger charge is -2.51. The van der Waals surface area contributed by atoms with E-state index in [4.69, 9.17) is 9.84 Å². The predicted molar refractivity (Wildman–Crippen MR) is 69.8 cm³/mol. The molecule has 2 fully saturated rings. The number of nitrogens with zero attached hydrogens (tertiary/aromatic N) is 1. The van der Waals surface area contributed by atoms with Crippen molar-refractivity contribution in [3.63, 3.8) is 0 Å². The van der Waals surface area contributed by atoms with Crippen LogP contribution in [0, 0.1) is 11.3 Å². The molecule has 19 heavy (non-hydrogen) atoms. The highest BCUT2D eigenvalue weighted by molar-refractivity contribution is 5.70. The lowest BCUT2D eigenvalue weighted by molar-refractivity contribution is -0.140. The quantitative estimate of drug-likeness (QED) is 0.836. The summed E-state index contributed by atoms with van der Waals surface area (Å²) >= 11 is 0. The van der Waals surface area contributed by atoms with Crippen molar-refractivity contribution in [3.8, 4) is 0 Å². The molecule has 0 aromatic heterocycles. The third-order valence-electron chi connectivity index (χ3n) is 4.18. The molecule has 1 N–H and O–H groups in total. The second-order valence-corrected chi connectivity index (χ2v) is 6.89. The van der Waals surface area contributed by atoms with E-state index >= 15 is 0 Å². The lowest BCUT2D eigenvalue weighted by Crippen LogP contribution is -2.60. The van der Waals surface area contributed by atoms with Crippen LogP contribution in [0.25, 0.3) is 0 Å². The van der Waals surface area contributed by atoms with Gasteiger partial charge in [0, 0.05) is 24.9 Å². The number of carboxylic acid groups (broad SMARTS) is 1. The van der Waals surface area contributed by atoms with Crippen LogP contribution in [0.5, 0.6) is 0 Å². The number of likely N-dealkylation sites (tertiary alicyclic amines) is 1. The molecule has 5 heteroatoms. The number of hydrogen-bond donors (Lipinski definition) is 1. The number of carbonyl (C=O) groups excluding carboxylic acids is 1. The van der Waals surface area contributed by atoms with E-state index in [-0.39, 0.29) is 23.8 Å². The average Bonchev–Trinajstić information content (AvgIpc) is 2.54. The normalized spacial score (nSPS) is 25.2. The molecule has 108 valence electrons. The fourth-order valence-corrected chi connectivity index (χ4v) is 3.33. The van der Waals surface area contributed by atoms with Crippen molar-refractivity contribution in [1.82, 2.24) is 4.90 Å². The Morgan fingerprint density at radius 1 is 1.37 bits per heavy atom. The first-order chi connectivity index (χ1) is 8.72. The van der Waals surface area contributed by atoms with Crippen LogP contribution in [-0.2, 0) is 9.53 Å². The molecule has 1 saturated heterocycles. The van der Waals surface area contributed by atoms with Crippen molar-refractivity contribution in [3.05, 3.63) is 0 Å². The van der Waals surface area contributed by atoms with Crippen molar-refractivity contribution < 1.29 is 19.4 Å². The molecule has 1 spiro atoms. The van der Waals surface area contributed by atoms with E-state index in [0.29, 0.717) is 13.1 Å². The van der Waals surface area contributed by atoms with E-state index < -0.39 is 11.6 Å². The topological polar surface area (TPSA) is 66.8 Å². The molecule has 2 aliphatic rings. The Hall–Kier alpha value is -1.26. The van der Waals surface area contributed by atoms with Gasteiger partial charge >= 0.3 is 12.1 Å². The third kappa shape index (κ3) is 3.01. The van der Waals surface area contributed by atoms with E-state index in [1.165, 1.54) is 0 Å². The van der Waals surface area contributed by atoms with Crippen LogP contribution >= 0.6 is 0 Å². The minimum absolute atomic E-state index is 0.0370. The summed E-state index contributed by atoms with van der Waals surface area (Å²) in [7, 11) is 0. The van der Waals surface area contributed by atoms with Crippen molar-refractivity contribution in [2.45, 2.75) is 52.1 Å². The van der Waals surface area contributed by atoms with Gasteiger partial charge in [-0.2, -0.15) is 0 Å². The minimum Gasteiger partial charge on any atom is -0.481 e. The summed E-state index contributed by atoms with van der Waals surface area (Å²) in [6.45, 7) is 6.86. The van der Waals surface area contributed by atoms with Crippen molar-refractivity contribution in [2.75, 3.05) is 13.1 Å². The lowest BCUT2D eigenvalue weighted by atomic mass is 9.70. The Morgan fingerprint density at radius 3 is 2.53 bits per heavy atom. The molecule has 1 heterocycles. The number of rotatable bonds is 2. The van der Waals surface area contributed by atoms with E-state index in [0.717, 1.165) is 19.3 Å².